The molecule has 1 amide bonds. The lowest BCUT2D eigenvalue weighted by Crippen LogP contribution is -2.36. The van der Waals surface area contributed by atoms with E-state index in [9.17, 15) is 10.0 Å². The van der Waals surface area contributed by atoms with Crippen LogP contribution in [-0.2, 0) is 0 Å². The SMILES string of the molecule is CNC(=O)c1c(NC)no[n+]1[O-]. The monoisotopic (exact) mass is 172 g/mol. The maximum Gasteiger partial charge on any atom is 0.320 e. The van der Waals surface area contributed by atoms with Gasteiger partial charge in [-0.2, -0.15) is 0 Å². The molecule has 0 radical (unpaired) electrons. The summed E-state index contributed by atoms with van der Waals surface area (Å²) in [7, 11) is 2.94. The van der Waals surface area contributed by atoms with Crippen LogP contribution < -0.4 is 15.5 Å². The number of rotatable bonds is 2. The number of amides is 1. The molecule has 1 rings (SSSR count). The van der Waals surface area contributed by atoms with E-state index in [-0.39, 0.29) is 16.4 Å². The topological polar surface area (TPSA) is 94.1 Å². The van der Waals surface area contributed by atoms with Gasteiger partial charge < -0.3 is 15.8 Å². The van der Waals surface area contributed by atoms with E-state index >= 15 is 0 Å². The lowest BCUT2D eigenvalue weighted by molar-refractivity contribution is -0.803. The summed E-state index contributed by atoms with van der Waals surface area (Å²) in [5.41, 5.74) is -0.181. The van der Waals surface area contributed by atoms with Crippen LogP contribution >= 0.6 is 0 Å². The van der Waals surface area contributed by atoms with Crippen LogP contribution in [0.4, 0.5) is 5.82 Å². The van der Waals surface area contributed by atoms with Crippen LogP contribution in [0.3, 0.4) is 0 Å². The van der Waals surface area contributed by atoms with Gasteiger partial charge in [0.25, 0.3) is 0 Å². The molecule has 0 aliphatic rings. The maximum absolute atomic E-state index is 11.0. The zero-order valence-electron chi connectivity index (χ0n) is 6.62. The van der Waals surface area contributed by atoms with E-state index in [1.807, 2.05) is 0 Å². The summed E-state index contributed by atoms with van der Waals surface area (Å²) in [6, 6.07) is 0. The normalized spacial score (nSPS) is 9.50. The summed E-state index contributed by atoms with van der Waals surface area (Å²) < 4.78 is 4.20. The first-order chi connectivity index (χ1) is 5.70. The molecule has 1 aromatic rings. The van der Waals surface area contributed by atoms with E-state index in [0.29, 0.717) is 0 Å². The van der Waals surface area contributed by atoms with Crippen molar-refractivity contribution in [2.75, 3.05) is 19.4 Å². The van der Waals surface area contributed by atoms with Gasteiger partial charge in [0.05, 0.1) is 5.16 Å². The first-order valence-electron chi connectivity index (χ1n) is 3.20. The molecule has 66 valence electrons. The third kappa shape index (κ3) is 1.16. The van der Waals surface area contributed by atoms with Gasteiger partial charge in [0, 0.05) is 14.1 Å². The third-order valence-corrected chi connectivity index (χ3v) is 1.29. The highest BCUT2D eigenvalue weighted by atomic mass is 16.8. The van der Waals surface area contributed by atoms with Crippen LogP contribution in [0, 0.1) is 5.21 Å². The van der Waals surface area contributed by atoms with Gasteiger partial charge in [-0.05, 0) is 4.90 Å². The van der Waals surface area contributed by atoms with Crippen molar-refractivity contribution in [1.29, 1.82) is 0 Å². The van der Waals surface area contributed by atoms with Gasteiger partial charge in [-0.3, -0.25) is 9.42 Å². The lowest BCUT2D eigenvalue weighted by Gasteiger charge is -1.94. The molecule has 1 aromatic heterocycles. The van der Waals surface area contributed by atoms with Gasteiger partial charge in [0.15, 0.2) is 0 Å². The molecule has 0 aliphatic heterocycles. The molecule has 0 unspecified atom stereocenters. The second-order valence-electron chi connectivity index (χ2n) is 1.96. The average Bonchev–Trinajstić information content (AvgIpc) is 2.45. The average molecular weight is 172 g/mol. The molecule has 0 bridgehead atoms. The van der Waals surface area contributed by atoms with Gasteiger partial charge in [-0.25, -0.2) is 0 Å². The summed E-state index contributed by atoms with van der Waals surface area (Å²) in [6.07, 6.45) is 0. The largest absolute Gasteiger partial charge is 0.359 e. The second kappa shape index (κ2) is 3.07. The minimum Gasteiger partial charge on any atom is -0.359 e. The van der Waals surface area contributed by atoms with E-state index in [2.05, 4.69) is 20.4 Å². The smallest absolute Gasteiger partial charge is 0.320 e. The summed E-state index contributed by atoms with van der Waals surface area (Å²) in [5.74, 6) is -0.431. The van der Waals surface area contributed by atoms with Crippen molar-refractivity contribution in [3.8, 4) is 0 Å². The summed E-state index contributed by atoms with van der Waals surface area (Å²) >= 11 is 0. The zero-order chi connectivity index (χ0) is 9.14. The maximum atomic E-state index is 11.0. The van der Waals surface area contributed by atoms with Crippen LogP contribution in [0.25, 0.3) is 0 Å². The van der Waals surface area contributed by atoms with E-state index < -0.39 is 5.91 Å². The van der Waals surface area contributed by atoms with E-state index in [0.717, 1.165) is 0 Å². The van der Waals surface area contributed by atoms with Crippen molar-refractivity contribution < 1.29 is 14.3 Å². The predicted octanol–water partition coefficient (Wildman–Crippen LogP) is -1.29. The Balaban J connectivity index is 3.10. The van der Waals surface area contributed by atoms with Gasteiger partial charge >= 0.3 is 17.4 Å². The Kier molecular flexibility index (Phi) is 2.13. The zero-order valence-corrected chi connectivity index (χ0v) is 6.62. The molecule has 0 aliphatic carbocycles. The highest BCUT2D eigenvalue weighted by Gasteiger charge is 2.24. The fourth-order valence-electron chi connectivity index (χ4n) is 0.721. The van der Waals surface area contributed by atoms with Gasteiger partial charge in [-0.1, -0.05) is 0 Å². The van der Waals surface area contributed by atoms with Crippen molar-refractivity contribution in [3.63, 3.8) is 0 Å². The van der Waals surface area contributed by atoms with Crippen LogP contribution in [0.15, 0.2) is 4.63 Å². The fraction of sp³-hybridized carbons (Fsp3) is 0.400. The molecular weight excluding hydrogens is 164 g/mol. The number of carbonyl (C=O) groups excluding carboxylic acids is 1. The van der Waals surface area contributed by atoms with Crippen molar-refractivity contribution in [2.45, 2.75) is 0 Å². The Hall–Kier alpha value is -1.79. The number of hydrogen-bond acceptors (Lipinski definition) is 5. The molecule has 0 saturated carbocycles. The van der Waals surface area contributed by atoms with E-state index in [1.165, 1.54) is 14.1 Å². The van der Waals surface area contributed by atoms with Crippen molar-refractivity contribution >= 4 is 11.7 Å². The summed E-state index contributed by atoms with van der Waals surface area (Å²) in [6.45, 7) is 0. The van der Waals surface area contributed by atoms with E-state index in [1.54, 1.807) is 0 Å². The summed E-state index contributed by atoms with van der Waals surface area (Å²) in [5, 5.41) is 18.9. The number of hydrogen-bond donors (Lipinski definition) is 2. The number of carbonyl (C=O) groups is 1. The molecule has 0 aromatic carbocycles. The molecule has 7 heteroatoms. The minimum absolute atomic E-state index is 0.0463. The molecule has 12 heavy (non-hydrogen) atoms. The highest BCUT2D eigenvalue weighted by Crippen LogP contribution is 2.04. The fourth-order valence-corrected chi connectivity index (χ4v) is 0.721. The van der Waals surface area contributed by atoms with Crippen molar-refractivity contribution in [2.24, 2.45) is 0 Å². The number of nitrogens with one attached hydrogen (secondary N) is 2. The standard InChI is InChI=1S/C5H8N4O3/c1-6-4-3(5(10)7-2)9(11)12-8-4/h1-2H3,(H,6,8)(H,7,10). The molecule has 0 fully saturated rings. The molecule has 2 N–H and O–H groups in total. The van der Waals surface area contributed by atoms with Gasteiger partial charge in [-0.15, -0.1) is 0 Å². The molecule has 7 nitrogen and oxygen atoms in total. The summed E-state index contributed by atoms with van der Waals surface area (Å²) in [4.78, 5) is 11.0. The second-order valence-corrected chi connectivity index (χ2v) is 1.96. The van der Waals surface area contributed by atoms with Gasteiger partial charge in [0.2, 0.25) is 0 Å². The molecule has 0 saturated heterocycles. The Morgan fingerprint density at radius 1 is 1.67 bits per heavy atom. The Bertz CT molecular complexity index is 295. The molecule has 1 heterocycles. The van der Waals surface area contributed by atoms with Gasteiger partial charge in [0.1, 0.15) is 0 Å². The molecule has 0 atom stereocenters. The number of aromatic nitrogens is 2. The predicted molar refractivity (Wildman–Crippen MR) is 38.4 cm³/mol. The molecular formula is C5H8N4O3. The van der Waals surface area contributed by atoms with Crippen molar-refractivity contribution in [1.82, 2.24) is 10.5 Å². The van der Waals surface area contributed by atoms with Crippen molar-refractivity contribution in [3.05, 3.63) is 10.9 Å². The first-order valence-corrected chi connectivity index (χ1v) is 3.20. The van der Waals surface area contributed by atoms with Crippen LogP contribution in [-0.4, -0.2) is 25.2 Å². The number of nitrogens with zero attached hydrogens (tertiary/aromatic N) is 2. The Morgan fingerprint density at radius 3 is 2.83 bits per heavy atom. The Labute approximate surface area is 67.9 Å². The third-order valence-electron chi connectivity index (χ3n) is 1.29. The first kappa shape index (κ1) is 8.31. The van der Waals surface area contributed by atoms with Crippen LogP contribution in [0.2, 0.25) is 0 Å². The highest BCUT2D eigenvalue weighted by molar-refractivity contribution is 5.94. The quantitative estimate of drug-likeness (QED) is 0.541. The van der Waals surface area contributed by atoms with Crippen LogP contribution in [0.1, 0.15) is 10.5 Å². The Morgan fingerprint density at radius 2 is 2.33 bits per heavy atom. The van der Waals surface area contributed by atoms with Crippen LogP contribution in [0.5, 0.6) is 0 Å². The van der Waals surface area contributed by atoms with E-state index in [4.69, 9.17) is 0 Å². The lowest BCUT2D eigenvalue weighted by atomic mass is 10.4. The number of anilines is 1. The molecule has 0 spiro atoms. The minimum atomic E-state index is -0.546.